The van der Waals surface area contributed by atoms with Gasteiger partial charge in [0.2, 0.25) is 5.91 Å². The number of benzene rings is 2. The molecule has 3 nitrogen and oxygen atoms in total. The van der Waals surface area contributed by atoms with Crippen LogP contribution in [0.25, 0.3) is 21.8 Å². The predicted octanol–water partition coefficient (Wildman–Crippen LogP) is 4.57. The number of amides is 1. The Morgan fingerprint density at radius 3 is 2.64 bits per heavy atom. The Morgan fingerprint density at radius 1 is 1.18 bits per heavy atom. The van der Waals surface area contributed by atoms with Crippen LogP contribution >= 0.6 is 11.3 Å². The Morgan fingerprint density at radius 2 is 1.95 bits per heavy atom. The molecule has 1 N–H and O–H groups in total. The van der Waals surface area contributed by atoms with Crippen LogP contribution in [-0.4, -0.2) is 10.9 Å². The number of hydrogen-bond acceptors (Lipinski definition) is 3. The van der Waals surface area contributed by atoms with Crippen LogP contribution in [0.2, 0.25) is 0 Å². The fourth-order valence-electron chi connectivity index (χ4n) is 2.11. The highest BCUT2D eigenvalue weighted by atomic mass is 32.1. The molecule has 0 atom stereocenters. The van der Waals surface area contributed by atoms with Crippen molar-refractivity contribution in [3.8, 4) is 21.8 Å². The number of aromatic nitrogens is 1. The highest BCUT2D eigenvalue weighted by Crippen LogP contribution is 2.31. The molecule has 5 heteroatoms. The summed E-state index contributed by atoms with van der Waals surface area (Å²) in [6, 6.07) is 14.4. The minimum absolute atomic E-state index is 0.229. The van der Waals surface area contributed by atoms with Crippen LogP contribution in [0.15, 0.2) is 53.9 Å². The molecule has 3 aromatic rings. The van der Waals surface area contributed by atoms with Crippen molar-refractivity contribution in [3.63, 3.8) is 0 Å². The third-order valence-electron chi connectivity index (χ3n) is 3.09. The van der Waals surface area contributed by atoms with Gasteiger partial charge in [0.15, 0.2) is 0 Å². The lowest BCUT2D eigenvalue weighted by Crippen LogP contribution is -2.05. The number of anilines is 1. The molecule has 22 heavy (non-hydrogen) atoms. The number of nitrogens with zero attached hydrogens (tertiary/aromatic N) is 1. The normalized spacial score (nSPS) is 10.5. The highest BCUT2D eigenvalue weighted by molar-refractivity contribution is 7.13. The van der Waals surface area contributed by atoms with E-state index in [-0.39, 0.29) is 5.91 Å². The summed E-state index contributed by atoms with van der Waals surface area (Å²) in [5.74, 6) is -0.636. The first-order chi connectivity index (χ1) is 10.6. The van der Waals surface area contributed by atoms with Gasteiger partial charge in [0.25, 0.3) is 0 Å². The average molecular weight is 312 g/mol. The van der Waals surface area contributed by atoms with Crippen LogP contribution in [0, 0.1) is 5.82 Å². The van der Waals surface area contributed by atoms with E-state index >= 15 is 0 Å². The number of hydrogen-bond donors (Lipinski definition) is 1. The molecule has 1 aromatic heterocycles. The summed E-state index contributed by atoms with van der Waals surface area (Å²) in [5.41, 5.74) is 2.46. The lowest BCUT2D eigenvalue weighted by Gasteiger charge is -2.04. The molecular formula is C17H13FN2OS. The molecule has 3 rings (SSSR count). The molecule has 0 aliphatic rings. The minimum Gasteiger partial charge on any atom is -0.326 e. The SMILES string of the molecule is CC(=O)Nc1ccc(-c2csc(-c3ccccc3)n2)c(F)c1. The van der Waals surface area contributed by atoms with Crippen molar-refractivity contribution in [1.82, 2.24) is 4.98 Å². The van der Waals surface area contributed by atoms with E-state index < -0.39 is 5.82 Å². The average Bonchev–Trinajstić information content (AvgIpc) is 2.97. The third-order valence-corrected chi connectivity index (χ3v) is 3.98. The Balaban J connectivity index is 1.92. The number of carbonyl (C=O) groups is 1. The molecule has 0 aliphatic heterocycles. The van der Waals surface area contributed by atoms with E-state index in [1.807, 2.05) is 35.7 Å². The largest absolute Gasteiger partial charge is 0.326 e. The zero-order valence-electron chi connectivity index (χ0n) is 11.8. The molecule has 0 fully saturated rings. The maximum atomic E-state index is 14.2. The topological polar surface area (TPSA) is 42.0 Å². The lowest BCUT2D eigenvalue weighted by molar-refractivity contribution is -0.114. The van der Waals surface area contributed by atoms with Crippen molar-refractivity contribution in [2.75, 3.05) is 5.32 Å². The van der Waals surface area contributed by atoms with E-state index in [1.165, 1.54) is 24.3 Å². The van der Waals surface area contributed by atoms with Gasteiger partial charge in [-0.1, -0.05) is 30.3 Å². The molecule has 0 saturated carbocycles. The summed E-state index contributed by atoms with van der Waals surface area (Å²) in [5, 5.41) is 5.24. The van der Waals surface area contributed by atoms with Crippen LogP contribution in [-0.2, 0) is 4.79 Å². The highest BCUT2D eigenvalue weighted by Gasteiger charge is 2.11. The second-order valence-corrected chi connectivity index (χ2v) is 5.64. The number of carbonyl (C=O) groups excluding carboxylic acids is 1. The van der Waals surface area contributed by atoms with E-state index in [2.05, 4.69) is 10.3 Å². The number of nitrogens with one attached hydrogen (secondary N) is 1. The molecule has 2 aromatic carbocycles. The molecule has 0 aliphatic carbocycles. The quantitative estimate of drug-likeness (QED) is 0.769. The van der Waals surface area contributed by atoms with Crippen LogP contribution in [0.4, 0.5) is 10.1 Å². The first kappa shape index (κ1) is 14.4. The van der Waals surface area contributed by atoms with Crippen molar-refractivity contribution in [1.29, 1.82) is 0 Å². The van der Waals surface area contributed by atoms with Gasteiger partial charge < -0.3 is 5.32 Å². The van der Waals surface area contributed by atoms with Crippen LogP contribution in [0.1, 0.15) is 6.92 Å². The molecular weight excluding hydrogens is 299 g/mol. The molecule has 1 heterocycles. The molecule has 1 amide bonds. The molecule has 0 unspecified atom stereocenters. The summed E-state index contributed by atoms with van der Waals surface area (Å²) < 4.78 is 14.2. The summed E-state index contributed by atoms with van der Waals surface area (Å²) in [6.45, 7) is 1.39. The van der Waals surface area contributed by atoms with Gasteiger partial charge in [-0.15, -0.1) is 11.3 Å². The van der Waals surface area contributed by atoms with Gasteiger partial charge in [-0.25, -0.2) is 9.37 Å². The standard InChI is InChI=1S/C17H13FN2OS/c1-11(21)19-13-7-8-14(15(18)9-13)16-10-22-17(20-16)12-5-3-2-4-6-12/h2-10H,1H3,(H,19,21). The second-order valence-electron chi connectivity index (χ2n) is 4.78. The Labute approximate surface area is 131 Å². The van der Waals surface area contributed by atoms with Gasteiger partial charge in [-0.05, 0) is 18.2 Å². The van der Waals surface area contributed by atoms with E-state index in [1.54, 1.807) is 12.1 Å². The fourth-order valence-corrected chi connectivity index (χ4v) is 2.94. The first-order valence-corrected chi connectivity index (χ1v) is 7.60. The van der Waals surface area contributed by atoms with Gasteiger partial charge in [0.05, 0.1) is 5.69 Å². The van der Waals surface area contributed by atoms with E-state index in [4.69, 9.17) is 0 Å². The molecule has 110 valence electrons. The summed E-state index contributed by atoms with van der Waals surface area (Å²) in [7, 11) is 0. The fraction of sp³-hybridized carbons (Fsp3) is 0.0588. The Kier molecular flexibility index (Phi) is 3.98. The second kappa shape index (κ2) is 6.07. The van der Waals surface area contributed by atoms with Crippen LogP contribution in [0.5, 0.6) is 0 Å². The maximum absolute atomic E-state index is 14.2. The van der Waals surface area contributed by atoms with Gasteiger partial charge >= 0.3 is 0 Å². The monoisotopic (exact) mass is 312 g/mol. The lowest BCUT2D eigenvalue weighted by atomic mass is 10.1. The summed E-state index contributed by atoms with van der Waals surface area (Å²) in [6.07, 6.45) is 0. The van der Waals surface area contributed by atoms with Crippen molar-refractivity contribution in [2.24, 2.45) is 0 Å². The number of rotatable bonds is 3. The van der Waals surface area contributed by atoms with Crippen molar-refractivity contribution in [2.45, 2.75) is 6.92 Å². The van der Waals surface area contributed by atoms with Crippen molar-refractivity contribution < 1.29 is 9.18 Å². The van der Waals surface area contributed by atoms with Crippen molar-refractivity contribution in [3.05, 3.63) is 59.7 Å². The van der Waals surface area contributed by atoms with Crippen LogP contribution in [0.3, 0.4) is 0 Å². The summed E-state index contributed by atoms with van der Waals surface area (Å²) >= 11 is 1.47. The third kappa shape index (κ3) is 3.04. The van der Waals surface area contributed by atoms with Gasteiger partial charge in [-0.3, -0.25) is 4.79 Å². The first-order valence-electron chi connectivity index (χ1n) is 6.72. The van der Waals surface area contributed by atoms with Gasteiger partial charge in [0.1, 0.15) is 10.8 Å². The zero-order chi connectivity index (χ0) is 15.5. The zero-order valence-corrected chi connectivity index (χ0v) is 12.7. The number of thiazole rings is 1. The molecule has 0 radical (unpaired) electrons. The van der Waals surface area contributed by atoms with Crippen molar-refractivity contribution >= 4 is 22.9 Å². The molecule has 0 bridgehead atoms. The van der Waals surface area contributed by atoms with Crippen LogP contribution < -0.4 is 5.32 Å². The van der Waals surface area contributed by atoms with Gasteiger partial charge in [0, 0.05) is 29.1 Å². The Hall–Kier alpha value is -2.53. The summed E-state index contributed by atoms with van der Waals surface area (Å²) in [4.78, 5) is 15.5. The molecule has 0 saturated heterocycles. The smallest absolute Gasteiger partial charge is 0.221 e. The predicted molar refractivity (Wildman–Crippen MR) is 87.2 cm³/mol. The Bertz CT molecular complexity index is 815. The van der Waals surface area contributed by atoms with Gasteiger partial charge in [-0.2, -0.15) is 0 Å². The maximum Gasteiger partial charge on any atom is 0.221 e. The van der Waals surface area contributed by atoms with E-state index in [9.17, 15) is 9.18 Å². The number of halogens is 1. The minimum atomic E-state index is -0.406. The van der Waals surface area contributed by atoms with E-state index in [0.29, 0.717) is 16.9 Å². The van der Waals surface area contributed by atoms with E-state index in [0.717, 1.165) is 10.6 Å². The molecule has 0 spiro atoms.